The highest BCUT2D eigenvalue weighted by molar-refractivity contribution is 7.99. The Labute approximate surface area is 129 Å². The Kier molecular flexibility index (Phi) is 5.80. The summed E-state index contributed by atoms with van der Waals surface area (Å²) < 4.78 is 5.52. The van der Waals surface area contributed by atoms with Gasteiger partial charge in [-0.3, -0.25) is 0 Å². The van der Waals surface area contributed by atoms with Gasteiger partial charge in [-0.15, -0.1) is 0 Å². The van der Waals surface area contributed by atoms with E-state index in [1.807, 2.05) is 13.8 Å². The van der Waals surface area contributed by atoms with Crippen molar-refractivity contribution in [1.82, 2.24) is 15.0 Å². The number of hydrogen-bond donors (Lipinski definition) is 1. The van der Waals surface area contributed by atoms with Crippen LogP contribution in [-0.2, 0) is 0 Å². The van der Waals surface area contributed by atoms with Crippen molar-refractivity contribution in [2.45, 2.75) is 37.2 Å². The van der Waals surface area contributed by atoms with Gasteiger partial charge in [-0.05, 0) is 44.2 Å². The van der Waals surface area contributed by atoms with Gasteiger partial charge in [0, 0.05) is 11.4 Å². The number of hydrogen-bond acceptors (Lipinski definition) is 6. The fourth-order valence-corrected chi connectivity index (χ4v) is 2.33. The predicted molar refractivity (Wildman–Crippen MR) is 85.1 cm³/mol. The topological polar surface area (TPSA) is 59.9 Å². The third-order valence-electron chi connectivity index (χ3n) is 2.59. The van der Waals surface area contributed by atoms with E-state index in [1.54, 1.807) is 0 Å². The first-order valence-electron chi connectivity index (χ1n) is 7.08. The maximum absolute atomic E-state index is 5.52. The molecule has 0 aliphatic heterocycles. The first-order chi connectivity index (χ1) is 10.2. The van der Waals surface area contributed by atoms with E-state index in [4.69, 9.17) is 4.74 Å². The third-order valence-corrected chi connectivity index (χ3v) is 3.47. The van der Waals surface area contributed by atoms with E-state index in [-0.39, 0.29) is 0 Å². The molecular formula is C15H20N4OS. The zero-order valence-electron chi connectivity index (χ0n) is 12.6. The fourth-order valence-electron chi connectivity index (χ4n) is 1.59. The van der Waals surface area contributed by atoms with Crippen LogP contribution in [0.1, 0.15) is 25.8 Å². The minimum Gasteiger partial charge on any atom is -0.463 e. The molecule has 1 aromatic heterocycles. The molecule has 0 amide bonds. The summed E-state index contributed by atoms with van der Waals surface area (Å²) in [5.41, 5.74) is 1.23. The minimum atomic E-state index is 0.373. The van der Waals surface area contributed by atoms with Gasteiger partial charge in [0.2, 0.25) is 11.1 Å². The molecule has 112 valence electrons. The van der Waals surface area contributed by atoms with Crippen LogP contribution in [0.25, 0.3) is 0 Å². The van der Waals surface area contributed by atoms with Crippen molar-refractivity contribution in [3.63, 3.8) is 0 Å². The van der Waals surface area contributed by atoms with Crippen LogP contribution in [0.15, 0.2) is 34.3 Å². The van der Waals surface area contributed by atoms with E-state index in [1.165, 1.54) is 17.3 Å². The van der Waals surface area contributed by atoms with Gasteiger partial charge < -0.3 is 10.1 Å². The van der Waals surface area contributed by atoms with Crippen LogP contribution in [0, 0.1) is 6.92 Å². The summed E-state index contributed by atoms with van der Waals surface area (Å²) in [6.07, 6.45) is 0.919. The normalized spacial score (nSPS) is 10.4. The van der Waals surface area contributed by atoms with Crippen molar-refractivity contribution in [3.05, 3.63) is 29.8 Å². The number of aromatic nitrogens is 3. The van der Waals surface area contributed by atoms with Crippen LogP contribution in [0.3, 0.4) is 0 Å². The van der Waals surface area contributed by atoms with Gasteiger partial charge in [-0.25, -0.2) is 0 Å². The second kappa shape index (κ2) is 7.83. The molecule has 2 rings (SSSR count). The van der Waals surface area contributed by atoms with Crippen LogP contribution in [-0.4, -0.2) is 28.1 Å². The molecular weight excluding hydrogens is 284 g/mol. The summed E-state index contributed by atoms with van der Waals surface area (Å²) in [7, 11) is 0. The lowest BCUT2D eigenvalue weighted by molar-refractivity contribution is 0.288. The Morgan fingerprint density at radius 2 is 1.86 bits per heavy atom. The van der Waals surface area contributed by atoms with E-state index in [0.29, 0.717) is 23.7 Å². The monoisotopic (exact) mass is 304 g/mol. The second-order valence-electron chi connectivity index (χ2n) is 4.52. The lowest BCUT2D eigenvalue weighted by atomic mass is 10.2. The minimum absolute atomic E-state index is 0.373. The highest BCUT2D eigenvalue weighted by Gasteiger charge is 2.08. The summed E-state index contributed by atoms with van der Waals surface area (Å²) in [5.74, 6) is 0.549. The maximum atomic E-state index is 5.52. The van der Waals surface area contributed by atoms with Gasteiger partial charge in [-0.2, -0.15) is 15.0 Å². The second-order valence-corrected chi connectivity index (χ2v) is 5.56. The lowest BCUT2D eigenvalue weighted by Crippen LogP contribution is -2.07. The summed E-state index contributed by atoms with van der Waals surface area (Å²) in [5, 5.41) is 3.74. The molecule has 1 N–H and O–H groups in total. The number of ether oxygens (including phenoxy) is 1. The summed E-state index contributed by atoms with van der Waals surface area (Å²) in [6.45, 7) is 7.48. The average molecular weight is 304 g/mol. The summed E-state index contributed by atoms with van der Waals surface area (Å²) in [6, 6.07) is 8.64. The standard InChI is InChI=1S/C15H20N4OS/c1-4-10-20-14-17-13(16-5-2)18-15(19-14)21-12-8-6-11(3)7-9-12/h6-9H,4-5,10H2,1-3H3,(H,16,17,18,19). The Balaban J connectivity index is 2.19. The molecule has 21 heavy (non-hydrogen) atoms. The van der Waals surface area contributed by atoms with Gasteiger partial charge >= 0.3 is 6.01 Å². The number of nitrogens with zero attached hydrogens (tertiary/aromatic N) is 3. The van der Waals surface area contributed by atoms with Crippen molar-refractivity contribution in [2.24, 2.45) is 0 Å². The molecule has 0 saturated heterocycles. The number of benzene rings is 1. The summed E-state index contributed by atoms with van der Waals surface area (Å²) >= 11 is 1.50. The summed E-state index contributed by atoms with van der Waals surface area (Å²) in [4.78, 5) is 14.1. The van der Waals surface area contributed by atoms with E-state index < -0.39 is 0 Å². The molecule has 1 heterocycles. The van der Waals surface area contributed by atoms with Crippen LogP contribution < -0.4 is 10.1 Å². The average Bonchev–Trinajstić information content (AvgIpc) is 2.48. The number of rotatable bonds is 7. The lowest BCUT2D eigenvalue weighted by Gasteiger charge is -2.08. The molecule has 0 fully saturated rings. The Morgan fingerprint density at radius 1 is 1.10 bits per heavy atom. The van der Waals surface area contributed by atoms with E-state index in [9.17, 15) is 0 Å². The number of anilines is 1. The molecule has 0 saturated carbocycles. The van der Waals surface area contributed by atoms with Gasteiger partial charge in [0.05, 0.1) is 6.61 Å². The SMILES string of the molecule is CCCOc1nc(NCC)nc(Sc2ccc(C)cc2)n1. The quantitative estimate of drug-likeness (QED) is 0.844. The Bertz CT molecular complexity index is 574. The molecule has 0 aliphatic carbocycles. The highest BCUT2D eigenvalue weighted by atomic mass is 32.2. The molecule has 1 aromatic carbocycles. The zero-order chi connectivity index (χ0) is 15.1. The van der Waals surface area contributed by atoms with Crippen molar-refractivity contribution in [2.75, 3.05) is 18.5 Å². The molecule has 6 heteroatoms. The van der Waals surface area contributed by atoms with Crippen molar-refractivity contribution in [1.29, 1.82) is 0 Å². The smallest absolute Gasteiger partial charge is 0.322 e. The zero-order valence-corrected chi connectivity index (χ0v) is 13.4. The van der Waals surface area contributed by atoms with E-state index in [0.717, 1.165) is 17.9 Å². The molecule has 0 radical (unpaired) electrons. The van der Waals surface area contributed by atoms with Gasteiger partial charge in [0.25, 0.3) is 0 Å². The number of aryl methyl sites for hydroxylation is 1. The fraction of sp³-hybridized carbons (Fsp3) is 0.400. The van der Waals surface area contributed by atoms with Gasteiger partial charge in [-0.1, -0.05) is 24.6 Å². The Hall–Kier alpha value is -1.82. The van der Waals surface area contributed by atoms with Crippen LogP contribution in [0.4, 0.5) is 5.95 Å². The van der Waals surface area contributed by atoms with E-state index >= 15 is 0 Å². The molecule has 0 unspecified atom stereocenters. The van der Waals surface area contributed by atoms with Crippen molar-refractivity contribution >= 4 is 17.7 Å². The van der Waals surface area contributed by atoms with Crippen LogP contribution in [0.2, 0.25) is 0 Å². The molecule has 5 nitrogen and oxygen atoms in total. The van der Waals surface area contributed by atoms with Gasteiger partial charge in [0.15, 0.2) is 0 Å². The first-order valence-corrected chi connectivity index (χ1v) is 7.90. The highest BCUT2D eigenvalue weighted by Crippen LogP contribution is 2.26. The van der Waals surface area contributed by atoms with E-state index in [2.05, 4.69) is 51.5 Å². The Morgan fingerprint density at radius 3 is 2.52 bits per heavy atom. The predicted octanol–water partition coefficient (Wildman–Crippen LogP) is 3.55. The van der Waals surface area contributed by atoms with Crippen molar-refractivity contribution < 1.29 is 4.74 Å². The largest absolute Gasteiger partial charge is 0.463 e. The molecule has 0 atom stereocenters. The first kappa shape index (κ1) is 15.6. The molecule has 2 aromatic rings. The maximum Gasteiger partial charge on any atom is 0.322 e. The third kappa shape index (κ3) is 4.90. The van der Waals surface area contributed by atoms with Gasteiger partial charge in [0.1, 0.15) is 0 Å². The number of nitrogens with one attached hydrogen (secondary N) is 1. The molecule has 0 bridgehead atoms. The van der Waals surface area contributed by atoms with Crippen LogP contribution in [0.5, 0.6) is 6.01 Å². The molecule has 0 aliphatic rings. The molecule has 0 spiro atoms. The van der Waals surface area contributed by atoms with Crippen molar-refractivity contribution in [3.8, 4) is 6.01 Å². The van der Waals surface area contributed by atoms with Crippen LogP contribution >= 0.6 is 11.8 Å².